The summed E-state index contributed by atoms with van der Waals surface area (Å²) in [7, 11) is 1.59. The molecule has 0 radical (unpaired) electrons. The second kappa shape index (κ2) is 6.95. The van der Waals surface area contributed by atoms with Crippen molar-refractivity contribution in [2.24, 2.45) is 0 Å². The maximum atomic E-state index is 13.0. The van der Waals surface area contributed by atoms with Crippen molar-refractivity contribution in [3.05, 3.63) is 59.4 Å². The van der Waals surface area contributed by atoms with Crippen LogP contribution in [0.1, 0.15) is 21.5 Å². The molecule has 0 saturated carbocycles. The number of aromatic nitrogens is 1. The third-order valence-electron chi connectivity index (χ3n) is 5.19. The van der Waals surface area contributed by atoms with Gasteiger partial charge in [0.15, 0.2) is 0 Å². The average Bonchev–Trinajstić information content (AvgIpc) is 2.97. The lowest BCUT2D eigenvalue weighted by Gasteiger charge is -2.36. The van der Waals surface area contributed by atoms with Gasteiger partial charge in [-0.3, -0.25) is 19.9 Å². The van der Waals surface area contributed by atoms with Gasteiger partial charge in [-0.05, 0) is 41.8 Å². The maximum absolute atomic E-state index is 13.0. The van der Waals surface area contributed by atoms with Crippen molar-refractivity contribution in [2.75, 3.05) is 20.2 Å². The minimum atomic E-state index is -1.22. The Labute approximate surface area is 161 Å². The van der Waals surface area contributed by atoms with E-state index in [2.05, 4.69) is 15.6 Å². The van der Waals surface area contributed by atoms with Gasteiger partial charge in [0, 0.05) is 30.9 Å². The monoisotopic (exact) mass is 380 g/mol. The quantitative estimate of drug-likeness (QED) is 0.751. The van der Waals surface area contributed by atoms with Crippen LogP contribution >= 0.6 is 0 Å². The van der Waals surface area contributed by atoms with E-state index in [9.17, 15) is 14.4 Å². The van der Waals surface area contributed by atoms with Crippen LogP contribution < -0.4 is 15.4 Å². The molecule has 4 amide bonds. The lowest BCUT2D eigenvalue weighted by Crippen LogP contribution is -2.58. The Morgan fingerprint density at radius 1 is 1.25 bits per heavy atom. The van der Waals surface area contributed by atoms with Gasteiger partial charge in [-0.1, -0.05) is 6.07 Å². The number of ether oxygens (including phenoxy) is 1. The first-order chi connectivity index (χ1) is 13.5. The standard InChI is InChI=1S/C20H20N4O4/c1-28-15-4-5-16-14(9-15)6-8-24(17(16)25)12-20(18(26)22-19(27)23-20)10-13-3-2-7-21-11-13/h2-5,7,9,11H,6,8,10,12H2,1H3,(H2,22,23,26,27)/t20-/m0/s1. The topological polar surface area (TPSA) is 101 Å². The van der Waals surface area contributed by atoms with Gasteiger partial charge in [0.1, 0.15) is 11.3 Å². The first-order valence-electron chi connectivity index (χ1n) is 8.99. The number of nitrogens with zero attached hydrogens (tertiary/aromatic N) is 2. The lowest BCUT2D eigenvalue weighted by atomic mass is 9.89. The molecule has 144 valence electrons. The highest BCUT2D eigenvalue weighted by molar-refractivity contribution is 6.08. The third kappa shape index (κ3) is 3.17. The zero-order valence-corrected chi connectivity index (χ0v) is 15.4. The number of hydrogen-bond donors (Lipinski definition) is 2. The van der Waals surface area contributed by atoms with Gasteiger partial charge in [0.2, 0.25) is 0 Å². The number of urea groups is 1. The summed E-state index contributed by atoms with van der Waals surface area (Å²) in [5.41, 5.74) is 1.09. The molecule has 28 heavy (non-hydrogen) atoms. The SMILES string of the molecule is COc1ccc2c(c1)CCN(C[C@]1(Cc3cccnc3)NC(=O)NC1=O)C2=O. The first-order valence-corrected chi connectivity index (χ1v) is 8.99. The summed E-state index contributed by atoms with van der Waals surface area (Å²) in [6, 6.07) is 8.40. The zero-order chi connectivity index (χ0) is 19.7. The van der Waals surface area contributed by atoms with Crippen LogP contribution in [0.5, 0.6) is 5.75 Å². The van der Waals surface area contributed by atoms with Gasteiger partial charge in [-0.15, -0.1) is 0 Å². The number of amides is 4. The summed E-state index contributed by atoms with van der Waals surface area (Å²) < 4.78 is 5.23. The summed E-state index contributed by atoms with van der Waals surface area (Å²) in [6.45, 7) is 0.542. The number of rotatable bonds is 5. The molecular formula is C20H20N4O4. The maximum Gasteiger partial charge on any atom is 0.322 e. The van der Waals surface area contributed by atoms with E-state index in [0.717, 1.165) is 11.1 Å². The molecule has 4 rings (SSSR count). The second-order valence-electron chi connectivity index (χ2n) is 7.03. The Morgan fingerprint density at radius 2 is 2.11 bits per heavy atom. The van der Waals surface area contributed by atoms with E-state index in [1.807, 2.05) is 12.1 Å². The molecule has 2 aliphatic heterocycles. The van der Waals surface area contributed by atoms with Crippen molar-refractivity contribution in [3.8, 4) is 5.75 Å². The van der Waals surface area contributed by atoms with Crippen LogP contribution in [0.3, 0.4) is 0 Å². The summed E-state index contributed by atoms with van der Waals surface area (Å²) in [5.74, 6) is 0.105. The van der Waals surface area contributed by atoms with Crippen LogP contribution in [0.15, 0.2) is 42.7 Å². The molecule has 0 aliphatic carbocycles. The van der Waals surface area contributed by atoms with Gasteiger partial charge in [-0.25, -0.2) is 4.79 Å². The lowest BCUT2D eigenvalue weighted by molar-refractivity contribution is -0.124. The van der Waals surface area contributed by atoms with Crippen molar-refractivity contribution in [2.45, 2.75) is 18.4 Å². The van der Waals surface area contributed by atoms with E-state index in [1.54, 1.807) is 42.6 Å². The van der Waals surface area contributed by atoms with Crippen molar-refractivity contribution in [1.29, 1.82) is 0 Å². The van der Waals surface area contributed by atoms with Crippen LogP contribution in [0.2, 0.25) is 0 Å². The Bertz CT molecular complexity index is 946. The largest absolute Gasteiger partial charge is 0.497 e. The highest BCUT2D eigenvalue weighted by atomic mass is 16.5. The van der Waals surface area contributed by atoms with Crippen LogP contribution in [0.25, 0.3) is 0 Å². The summed E-state index contributed by atoms with van der Waals surface area (Å²) in [6.07, 6.45) is 4.19. The number of carbonyl (C=O) groups excluding carboxylic acids is 3. The first kappa shape index (κ1) is 18.0. The highest BCUT2D eigenvalue weighted by Gasteiger charge is 2.48. The van der Waals surface area contributed by atoms with Crippen molar-refractivity contribution < 1.29 is 19.1 Å². The van der Waals surface area contributed by atoms with E-state index in [0.29, 0.717) is 24.3 Å². The molecule has 1 atom stereocenters. The molecule has 2 N–H and O–H groups in total. The molecule has 2 aromatic rings. The van der Waals surface area contributed by atoms with Crippen LogP contribution in [-0.2, 0) is 17.6 Å². The predicted octanol–water partition coefficient (Wildman–Crippen LogP) is 0.909. The van der Waals surface area contributed by atoms with E-state index >= 15 is 0 Å². The number of fused-ring (bicyclic) bond motifs is 1. The molecule has 1 aromatic carbocycles. The van der Waals surface area contributed by atoms with Crippen LogP contribution in [0.4, 0.5) is 4.79 Å². The van der Waals surface area contributed by atoms with E-state index < -0.39 is 17.5 Å². The minimum absolute atomic E-state index is 0.0871. The smallest absolute Gasteiger partial charge is 0.322 e. The number of imide groups is 1. The van der Waals surface area contributed by atoms with Gasteiger partial charge < -0.3 is 15.0 Å². The van der Waals surface area contributed by atoms with Crippen molar-refractivity contribution >= 4 is 17.8 Å². The number of pyridine rings is 1. The molecule has 3 heterocycles. The molecule has 1 aromatic heterocycles. The Balaban J connectivity index is 1.61. The third-order valence-corrected chi connectivity index (χ3v) is 5.19. The van der Waals surface area contributed by atoms with Crippen LogP contribution in [-0.4, -0.2) is 53.5 Å². The summed E-state index contributed by atoms with van der Waals surface area (Å²) in [5, 5.41) is 5.04. The molecule has 8 heteroatoms. The van der Waals surface area contributed by atoms with Gasteiger partial charge >= 0.3 is 6.03 Å². The summed E-state index contributed by atoms with van der Waals surface area (Å²) >= 11 is 0. The highest BCUT2D eigenvalue weighted by Crippen LogP contribution is 2.26. The van der Waals surface area contributed by atoms with Gasteiger partial charge in [-0.2, -0.15) is 0 Å². The molecule has 1 saturated heterocycles. The van der Waals surface area contributed by atoms with E-state index in [1.165, 1.54) is 0 Å². The summed E-state index contributed by atoms with van der Waals surface area (Å²) in [4.78, 5) is 43.2. The fourth-order valence-electron chi connectivity index (χ4n) is 3.79. The van der Waals surface area contributed by atoms with Crippen molar-refractivity contribution in [3.63, 3.8) is 0 Å². The molecule has 0 spiro atoms. The molecular weight excluding hydrogens is 360 g/mol. The molecule has 1 fully saturated rings. The Kier molecular flexibility index (Phi) is 4.46. The molecule has 0 unspecified atom stereocenters. The molecule has 0 bridgehead atoms. The number of nitrogens with one attached hydrogen (secondary N) is 2. The normalized spacial score (nSPS) is 21.2. The van der Waals surface area contributed by atoms with E-state index in [-0.39, 0.29) is 18.9 Å². The Hall–Kier alpha value is -3.42. The number of methoxy groups -OCH3 is 1. The predicted molar refractivity (Wildman–Crippen MR) is 99.9 cm³/mol. The number of benzene rings is 1. The average molecular weight is 380 g/mol. The number of hydrogen-bond acceptors (Lipinski definition) is 5. The fourth-order valence-corrected chi connectivity index (χ4v) is 3.79. The number of carbonyl (C=O) groups is 3. The van der Waals surface area contributed by atoms with Crippen LogP contribution in [0, 0.1) is 0 Å². The zero-order valence-electron chi connectivity index (χ0n) is 15.4. The van der Waals surface area contributed by atoms with Gasteiger partial charge in [0.25, 0.3) is 11.8 Å². The minimum Gasteiger partial charge on any atom is -0.497 e. The fraction of sp³-hybridized carbons (Fsp3) is 0.300. The van der Waals surface area contributed by atoms with E-state index in [4.69, 9.17) is 4.74 Å². The molecule has 2 aliphatic rings. The molecule has 8 nitrogen and oxygen atoms in total. The second-order valence-corrected chi connectivity index (χ2v) is 7.03. The Morgan fingerprint density at radius 3 is 2.79 bits per heavy atom. The van der Waals surface area contributed by atoms with Gasteiger partial charge in [0.05, 0.1) is 13.7 Å². The van der Waals surface area contributed by atoms with Crippen molar-refractivity contribution in [1.82, 2.24) is 20.5 Å².